The molecule has 4 nitrogen and oxygen atoms in total. The van der Waals surface area contributed by atoms with Gasteiger partial charge in [0.15, 0.2) is 0 Å². The number of amides is 1. The maximum Gasteiger partial charge on any atom is 0.223 e. The first-order chi connectivity index (χ1) is 15.7. The number of halogens is 1. The van der Waals surface area contributed by atoms with Gasteiger partial charge in [-0.05, 0) is 53.8 Å². The molecule has 0 saturated carbocycles. The number of H-pyrrole nitrogens is 1. The number of nitrogens with one attached hydrogen (secondary N) is 1. The van der Waals surface area contributed by atoms with Crippen molar-refractivity contribution in [2.45, 2.75) is 25.3 Å². The van der Waals surface area contributed by atoms with E-state index in [0.29, 0.717) is 24.4 Å². The van der Waals surface area contributed by atoms with Crippen LogP contribution in [0.4, 0.5) is 0 Å². The SMILES string of the molecule is COc1ccccc1CCC(=O)N1CCc2c([nH]c3ccccc23)[C@@H]1c1cccc(Cl)c1. The number of aromatic amines is 1. The molecule has 32 heavy (non-hydrogen) atoms. The van der Waals surface area contributed by atoms with Gasteiger partial charge in [0.1, 0.15) is 5.75 Å². The van der Waals surface area contributed by atoms with Crippen molar-refractivity contribution in [1.29, 1.82) is 0 Å². The van der Waals surface area contributed by atoms with E-state index in [1.54, 1.807) is 7.11 Å². The molecule has 0 bridgehead atoms. The first-order valence-corrected chi connectivity index (χ1v) is 11.3. The fourth-order valence-electron chi connectivity index (χ4n) is 4.83. The van der Waals surface area contributed by atoms with Gasteiger partial charge in [-0.25, -0.2) is 0 Å². The van der Waals surface area contributed by atoms with Crippen molar-refractivity contribution in [1.82, 2.24) is 9.88 Å². The molecule has 0 fully saturated rings. The Bertz CT molecular complexity index is 1280. The Hall–Kier alpha value is -3.24. The third-order valence-corrected chi connectivity index (χ3v) is 6.56. The van der Waals surface area contributed by atoms with Crippen molar-refractivity contribution < 1.29 is 9.53 Å². The van der Waals surface area contributed by atoms with Gasteiger partial charge in [0, 0.05) is 34.6 Å². The Morgan fingerprint density at radius 1 is 1.09 bits per heavy atom. The van der Waals surface area contributed by atoms with Gasteiger partial charge in [-0.3, -0.25) is 4.79 Å². The van der Waals surface area contributed by atoms with Crippen LogP contribution >= 0.6 is 11.6 Å². The van der Waals surface area contributed by atoms with Gasteiger partial charge in [-0.1, -0.05) is 60.1 Å². The predicted molar refractivity (Wildman–Crippen MR) is 128 cm³/mol. The average Bonchev–Trinajstić information content (AvgIpc) is 3.20. The summed E-state index contributed by atoms with van der Waals surface area (Å²) in [6, 6.07) is 23.9. The number of aromatic nitrogens is 1. The number of rotatable bonds is 5. The summed E-state index contributed by atoms with van der Waals surface area (Å²) in [4.78, 5) is 19.1. The van der Waals surface area contributed by atoms with E-state index >= 15 is 0 Å². The molecule has 2 heterocycles. The van der Waals surface area contributed by atoms with E-state index in [9.17, 15) is 4.79 Å². The number of carbonyl (C=O) groups excluding carboxylic acids is 1. The predicted octanol–water partition coefficient (Wildman–Crippen LogP) is 5.94. The number of aryl methyl sites for hydroxylation is 1. The molecule has 0 radical (unpaired) electrons. The van der Waals surface area contributed by atoms with E-state index in [1.807, 2.05) is 53.4 Å². The van der Waals surface area contributed by atoms with Crippen LogP contribution in [0.2, 0.25) is 5.02 Å². The van der Waals surface area contributed by atoms with E-state index in [-0.39, 0.29) is 11.9 Å². The number of hydrogen-bond acceptors (Lipinski definition) is 2. The molecule has 1 aliphatic heterocycles. The summed E-state index contributed by atoms with van der Waals surface area (Å²) in [5, 5.41) is 1.91. The number of para-hydroxylation sites is 2. The van der Waals surface area contributed by atoms with Crippen LogP contribution in [-0.2, 0) is 17.6 Å². The highest BCUT2D eigenvalue weighted by Crippen LogP contribution is 2.39. The second kappa shape index (κ2) is 8.71. The van der Waals surface area contributed by atoms with Crippen molar-refractivity contribution in [2.24, 2.45) is 0 Å². The second-order valence-corrected chi connectivity index (χ2v) is 8.61. The zero-order chi connectivity index (χ0) is 22.1. The zero-order valence-electron chi connectivity index (χ0n) is 18.0. The summed E-state index contributed by atoms with van der Waals surface area (Å²) >= 11 is 6.34. The highest BCUT2D eigenvalue weighted by molar-refractivity contribution is 6.30. The quantitative estimate of drug-likeness (QED) is 0.414. The zero-order valence-corrected chi connectivity index (χ0v) is 18.7. The van der Waals surface area contributed by atoms with Crippen LogP contribution in [0.3, 0.4) is 0 Å². The molecule has 4 aromatic rings. The number of fused-ring (bicyclic) bond motifs is 3. The molecule has 3 aromatic carbocycles. The molecular weight excluding hydrogens is 420 g/mol. The van der Waals surface area contributed by atoms with Crippen LogP contribution in [0.5, 0.6) is 5.75 Å². The van der Waals surface area contributed by atoms with Crippen LogP contribution < -0.4 is 4.74 Å². The average molecular weight is 445 g/mol. The Kier molecular flexibility index (Phi) is 5.62. The van der Waals surface area contributed by atoms with Crippen LogP contribution in [0.1, 0.15) is 34.8 Å². The minimum atomic E-state index is -0.185. The van der Waals surface area contributed by atoms with Crippen molar-refractivity contribution in [3.63, 3.8) is 0 Å². The van der Waals surface area contributed by atoms with Gasteiger partial charge >= 0.3 is 0 Å². The lowest BCUT2D eigenvalue weighted by Gasteiger charge is -2.36. The Balaban J connectivity index is 1.50. The Morgan fingerprint density at radius 3 is 2.75 bits per heavy atom. The summed E-state index contributed by atoms with van der Waals surface area (Å²) in [7, 11) is 1.66. The summed E-state index contributed by atoms with van der Waals surface area (Å²) in [6.07, 6.45) is 1.89. The molecule has 0 spiro atoms. The molecule has 5 rings (SSSR count). The molecule has 0 aliphatic carbocycles. The number of benzene rings is 3. The van der Waals surface area contributed by atoms with Crippen molar-refractivity contribution in [2.75, 3.05) is 13.7 Å². The van der Waals surface area contributed by atoms with Gasteiger partial charge in [-0.15, -0.1) is 0 Å². The van der Waals surface area contributed by atoms with Gasteiger partial charge in [0.25, 0.3) is 0 Å². The van der Waals surface area contributed by atoms with E-state index in [4.69, 9.17) is 16.3 Å². The van der Waals surface area contributed by atoms with Gasteiger partial charge in [0.2, 0.25) is 5.91 Å². The van der Waals surface area contributed by atoms with Crippen LogP contribution in [-0.4, -0.2) is 29.4 Å². The van der Waals surface area contributed by atoms with E-state index in [0.717, 1.165) is 34.5 Å². The highest BCUT2D eigenvalue weighted by Gasteiger charge is 2.34. The standard InChI is InChI=1S/C27H25ClN2O2/c1-32-24-12-5-2-7-18(24)13-14-25(31)30-16-15-22-21-10-3-4-11-23(21)29-26(22)27(30)19-8-6-9-20(28)17-19/h2-12,17,27,29H,13-16H2,1H3/t27-/m0/s1. The summed E-state index contributed by atoms with van der Waals surface area (Å²) in [6.45, 7) is 0.677. The molecular formula is C27H25ClN2O2. The van der Waals surface area contributed by atoms with Crippen LogP contribution in [0.15, 0.2) is 72.8 Å². The Labute approximate surface area is 192 Å². The molecule has 1 amide bonds. The van der Waals surface area contributed by atoms with E-state index < -0.39 is 0 Å². The smallest absolute Gasteiger partial charge is 0.223 e. The summed E-state index contributed by atoms with van der Waals surface area (Å²) in [5.41, 5.74) is 5.55. The molecule has 1 aromatic heterocycles. The van der Waals surface area contributed by atoms with Gasteiger partial charge < -0.3 is 14.6 Å². The van der Waals surface area contributed by atoms with Crippen molar-refractivity contribution in [3.05, 3.63) is 100 Å². The summed E-state index contributed by atoms with van der Waals surface area (Å²) in [5.74, 6) is 0.952. The number of ether oxygens (including phenoxy) is 1. The molecule has 162 valence electrons. The first-order valence-electron chi connectivity index (χ1n) is 10.9. The van der Waals surface area contributed by atoms with E-state index in [2.05, 4.69) is 29.2 Å². The van der Waals surface area contributed by atoms with Crippen molar-refractivity contribution in [3.8, 4) is 5.75 Å². The number of nitrogens with zero attached hydrogens (tertiary/aromatic N) is 1. The maximum absolute atomic E-state index is 13.5. The summed E-state index contributed by atoms with van der Waals surface area (Å²) < 4.78 is 5.46. The Morgan fingerprint density at radius 2 is 1.91 bits per heavy atom. The minimum Gasteiger partial charge on any atom is -0.496 e. The molecule has 0 saturated heterocycles. The molecule has 1 atom stereocenters. The minimum absolute atomic E-state index is 0.130. The fraction of sp³-hybridized carbons (Fsp3) is 0.222. The third-order valence-electron chi connectivity index (χ3n) is 6.32. The van der Waals surface area contributed by atoms with Gasteiger partial charge in [-0.2, -0.15) is 0 Å². The van der Waals surface area contributed by atoms with Crippen LogP contribution in [0.25, 0.3) is 10.9 Å². The maximum atomic E-state index is 13.5. The number of methoxy groups -OCH3 is 1. The monoisotopic (exact) mass is 444 g/mol. The molecule has 1 N–H and O–H groups in total. The molecule has 5 heteroatoms. The molecule has 1 aliphatic rings. The van der Waals surface area contributed by atoms with Gasteiger partial charge in [0.05, 0.1) is 13.2 Å². The topological polar surface area (TPSA) is 45.3 Å². The lowest BCUT2D eigenvalue weighted by atomic mass is 9.92. The normalized spacial score (nSPS) is 15.6. The largest absolute Gasteiger partial charge is 0.496 e. The van der Waals surface area contributed by atoms with Crippen LogP contribution in [0, 0.1) is 0 Å². The van der Waals surface area contributed by atoms with Crippen molar-refractivity contribution >= 4 is 28.4 Å². The molecule has 0 unspecified atom stereocenters. The highest BCUT2D eigenvalue weighted by atomic mass is 35.5. The lowest BCUT2D eigenvalue weighted by molar-refractivity contribution is -0.133. The number of carbonyl (C=O) groups is 1. The lowest BCUT2D eigenvalue weighted by Crippen LogP contribution is -2.40. The fourth-order valence-corrected chi connectivity index (χ4v) is 5.03. The number of hydrogen-bond donors (Lipinski definition) is 1. The first kappa shape index (κ1) is 20.7. The third kappa shape index (κ3) is 3.76. The second-order valence-electron chi connectivity index (χ2n) is 8.17. The van der Waals surface area contributed by atoms with E-state index in [1.165, 1.54) is 10.9 Å².